The molecule has 0 aromatic heterocycles. The Hall–Kier alpha value is -0.900. The second-order valence-electron chi connectivity index (χ2n) is 4.52. The van der Waals surface area contributed by atoms with Gasteiger partial charge < -0.3 is 0 Å². The fourth-order valence-corrected chi connectivity index (χ4v) is 1.31. The summed E-state index contributed by atoms with van der Waals surface area (Å²) in [7, 11) is 1.25. The molecule has 88 valence electrons. The van der Waals surface area contributed by atoms with Crippen LogP contribution in [0.5, 0.6) is 0 Å². The maximum absolute atomic E-state index is 11.9. The van der Waals surface area contributed by atoms with Crippen LogP contribution in [-0.2, 0) is 19.4 Å². The predicted octanol–water partition coefficient (Wildman–Crippen LogP) is 2.12. The van der Waals surface area contributed by atoms with Crippen LogP contribution in [0.1, 0.15) is 40.5 Å². The predicted molar refractivity (Wildman–Crippen MR) is 56.0 cm³/mol. The number of carbonyl (C=O) groups excluding carboxylic acids is 2. The maximum Gasteiger partial charge on any atom is 0.352 e. The van der Waals surface area contributed by atoms with Crippen LogP contribution in [-0.4, -0.2) is 18.9 Å². The molecule has 1 unspecified atom stereocenters. The van der Waals surface area contributed by atoms with Crippen LogP contribution in [0, 0.1) is 11.3 Å². The van der Waals surface area contributed by atoms with Gasteiger partial charge in [-0.3, -0.25) is 9.68 Å². The normalized spacial score (nSPS) is 13.4. The molecule has 0 aliphatic rings. The van der Waals surface area contributed by atoms with E-state index in [1.165, 1.54) is 7.11 Å². The number of carbonyl (C=O) groups is 2. The van der Waals surface area contributed by atoms with Crippen molar-refractivity contribution in [3.05, 3.63) is 0 Å². The third kappa shape index (κ3) is 4.42. The topological polar surface area (TPSA) is 52.6 Å². The first-order chi connectivity index (χ1) is 6.84. The van der Waals surface area contributed by atoms with Crippen molar-refractivity contribution in [2.45, 2.75) is 40.5 Å². The molecule has 0 saturated carbocycles. The summed E-state index contributed by atoms with van der Waals surface area (Å²) in [4.78, 5) is 32.1. The molecule has 15 heavy (non-hydrogen) atoms. The van der Waals surface area contributed by atoms with E-state index < -0.39 is 17.3 Å². The summed E-state index contributed by atoms with van der Waals surface area (Å²) in [5.74, 6) is -1.42. The van der Waals surface area contributed by atoms with Gasteiger partial charge in [-0.25, -0.2) is 4.79 Å². The fraction of sp³-hybridized carbons (Fsp3) is 0.818. The third-order valence-electron chi connectivity index (χ3n) is 2.08. The zero-order chi connectivity index (χ0) is 12.1. The molecule has 0 aliphatic heterocycles. The van der Waals surface area contributed by atoms with Gasteiger partial charge in [-0.1, -0.05) is 34.1 Å². The van der Waals surface area contributed by atoms with Crippen LogP contribution < -0.4 is 0 Å². The van der Waals surface area contributed by atoms with E-state index in [0.717, 1.165) is 6.42 Å². The van der Waals surface area contributed by atoms with Gasteiger partial charge in [0, 0.05) is 5.41 Å². The highest BCUT2D eigenvalue weighted by Gasteiger charge is 2.35. The number of hydrogen-bond donors (Lipinski definition) is 0. The van der Waals surface area contributed by atoms with Gasteiger partial charge in [0.2, 0.25) is 0 Å². The number of Topliss-reactive ketones (excluding diaryl/α,β-unsaturated/α-hetero) is 1. The van der Waals surface area contributed by atoms with Gasteiger partial charge in [0.25, 0.3) is 0 Å². The van der Waals surface area contributed by atoms with Gasteiger partial charge in [0.15, 0.2) is 5.78 Å². The van der Waals surface area contributed by atoms with Crippen molar-refractivity contribution in [3.8, 4) is 0 Å². The summed E-state index contributed by atoms with van der Waals surface area (Å²) in [6, 6.07) is 0. The number of rotatable bonds is 5. The van der Waals surface area contributed by atoms with Crippen LogP contribution in [0.25, 0.3) is 0 Å². The molecular weight excluding hydrogens is 196 g/mol. The van der Waals surface area contributed by atoms with Crippen molar-refractivity contribution in [1.82, 2.24) is 0 Å². The minimum Gasteiger partial charge on any atom is -0.298 e. The minimum absolute atomic E-state index is 0.105. The quantitative estimate of drug-likeness (QED) is 0.401. The molecule has 1 atom stereocenters. The van der Waals surface area contributed by atoms with Crippen molar-refractivity contribution in [3.63, 3.8) is 0 Å². The maximum atomic E-state index is 11.9. The molecule has 0 radical (unpaired) electrons. The molecule has 0 aromatic rings. The first-order valence-corrected chi connectivity index (χ1v) is 5.13. The molecule has 0 N–H and O–H groups in total. The van der Waals surface area contributed by atoms with Crippen LogP contribution >= 0.6 is 0 Å². The Morgan fingerprint density at radius 3 is 2.13 bits per heavy atom. The minimum atomic E-state index is -0.713. The molecule has 0 amide bonds. The monoisotopic (exact) mass is 216 g/mol. The van der Waals surface area contributed by atoms with Gasteiger partial charge in [-0.2, -0.15) is 4.89 Å². The van der Waals surface area contributed by atoms with E-state index in [0.29, 0.717) is 6.42 Å². The third-order valence-corrected chi connectivity index (χ3v) is 2.08. The van der Waals surface area contributed by atoms with E-state index >= 15 is 0 Å². The highest BCUT2D eigenvalue weighted by Crippen LogP contribution is 2.24. The van der Waals surface area contributed by atoms with Crippen LogP contribution in [0.15, 0.2) is 0 Å². The van der Waals surface area contributed by atoms with E-state index in [4.69, 9.17) is 0 Å². The molecule has 4 nitrogen and oxygen atoms in total. The van der Waals surface area contributed by atoms with E-state index in [9.17, 15) is 9.59 Å². The Labute approximate surface area is 90.9 Å². The van der Waals surface area contributed by atoms with Gasteiger partial charge in [0.1, 0.15) is 5.92 Å². The van der Waals surface area contributed by atoms with Crippen LogP contribution in [0.3, 0.4) is 0 Å². The lowest BCUT2D eigenvalue weighted by atomic mass is 9.81. The molecular formula is C11H20O4. The summed E-state index contributed by atoms with van der Waals surface area (Å²) in [5, 5.41) is 0. The average molecular weight is 216 g/mol. The lowest BCUT2D eigenvalue weighted by molar-refractivity contribution is -0.258. The summed E-state index contributed by atoms with van der Waals surface area (Å²) < 4.78 is 0. The number of hydrogen-bond acceptors (Lipinski definition) is 4. The molecule has 0 aromatic carbocycles. The molecule has 4 heteroatoms. The van der Waals surface area contributed by atoms with Gasteiger partial charge >= 0.3 is 5.97 Å². The lowest BCUT2D eigenvalue weighted by Gasteiger charge is -2.22. The Balaban J connectivity index is 4.66. The lowest BCUT2D eigenvalue weighted by Crippen LogP contribution is -2.34. The van der Waals surface area contributed by atoms with E-state index in [1.807, 2.05) is 6.92 Å². The Kier molecular flexibility index (Phi) is 5.50. The Morgan fingerprint density at radius 1 is 1.27 bits per heavy atom. The average Bonchev–Trinajstić information content (AvgIpc) is 2.12. The van der Waals surface area contributed by atoms with Crippen molar-refractivity contribution < 1.29 is 19.4 Å². The van der Waals surface area contributed by atoms with Gasteiger partial charge in [-0.15, -0.1) is 0 Å². The first kappa shape index (κ1) is 14.1. The second-order valence-corrected chi connectivity index (χ2v) is 4.52. The molecule has 0 spiro atoms. The van der Waals surface area contributed by atoms with Crippen molar-refractivity contribution >= 4 is 11.8 Å². The Morgan fingerprint density at radius 2 is 1.80 bits per heavy atom. The van der Waals surface area contributed by atoms with E-state index in [-0.39, 0.29) is 5.78 Å². The molecule has 0 fully saturated rings. The van der Waals surface area contributed by atoms with E-state index in [2.05, 4.69) is 9.78 Å². The summed E-state index contributed by atoms with van der Waals surface area (Å²) >= 11 is 0. The zero-order valence-electron chi connectivity index (χ0n) is 10.1. The summed E-state index contributed by atoms with van der Waals surface area (Å²) in [6.07, 6.45) is 1.25. The highest BCUT2D eigenvalue weighted by atomic mass is 17.2. The summed E-state index contributed by atoms with van der Waals surface area (Å²) in [6.45, 7) is 7.29. The zero-order valence-corrected chi connectivity index (χ0v) is 10.1. The van der Waals surface area contributed by atoms with Crippen molar-refractivity contribution in [2.75, 3.05) is 7.11 Å². The summed E-state index contributed by atoms with van der Waals surface area (Å²) in [5.41, 5.74) is -0.535. The standard InChI is InChI=1S/C11H20O4/c1-6-7-8(10(13)15-14-5)9(12)11(2,3)4/h8H,6-7H2,1-5H3. The van der Waals surface area contributed by atoms with Crippen molar-refractivity contribution in [1.29, 1.82) is 0 Å². The largest absolute Gasteiger partial charge is 0.352 e. The Bertz CT molecular complexity index is 227. The fourth-order valence-electron chi connectivity index (χ4n) is 1.31. The van der Waals surface area contributed by atoms with Crippen LogP contribution in [0.4, 0.5) is 0 Å². The SMILES string of the molecule is CCCC(C(=O)OOC)C(=O)C(C)(C)C. The molecule has 0 heterocycles. The second kappa shape index (κ2) is 5.85. The smallest absolute Gasteiger partial charge is 0.298 e. The number of ketones is 1. The van der Waals surface area contributed by atoms with Gasteiger partial charge in [-0.05, 0) is 6.42 Å². The van der Waals surface area contributed by atoms with Crippen molar-refractivity contribution in [2.24, 2.45) is 11.3 Å². The highest BCUT2D eigenvalue weighted by molar-refractivity contribution is 6.01. The first-order valence-electron chi connectivity index (χ1n) is 5.13. The molecule has 0 bridgehead atoms. The van der Waals surface area contributed by atoms with E-state index in [1.54, 1.807) is 20.8 Å². The molecule has 0 aliphatic carbocycles. The molecule has 0 saturated heterocycles. The van der Waals surface area contributed by atoms with Gasteiger partial charge in [0.05, 0.1) is 7.11 Å². The van der Waals surface area contributed by atoms with Crippen LogP contribution in [0.2, 0.25) is 0 Å². The molecule has 0 rings (SSSR count).